The van der Waals surface area contributed by atoms with Crippen LogP contribution in [-0.4, -0.2) is 46.7 Å². The van der Waals surface area contributed by atoms with Gasteiger partial charge in [-0.3, -0.25) is 14.2 Å². The first kappa shape index (κ1) is 20.9. The van der Waals surface area contributed by atoms with Crippen LogP contribution in [0.25, 0.3) is 10.9 Å². The minimum absolute atomic E-state index is 0.0395. The Morgan fingerprint density at radius 1 is 1.39 bits per heavy atom. The summed E-state index contributed by atoms with van der Waals surface area (Å²) in [6, 6.07) is 7.12. The molecule has 0 unspecified atom stereocenters. The summed E-state index contributed by atoms with van der Waals surface area (Å²) in [5, 5.41) is 3.89. The molecule has 1 fully saturated rings. The van der Waals surface area contributed by atoms with Crippen LogP contribution in [0.2, 0.25) is 0 Å². The maximum Gasteiger partial charge on any atom is 0.262 e. The zero-order valence-electron chi connectivity index (χ0n) is 16.3. The van der Waals surface area contributed by atoms with Gasteiger partial charge in [0.25, 0.3) is 5.56 Å². The van der Waals surface area contributed by atoms with Gasteiger partial charge in [-0.05, 0) is 38.8 Å². The summed E-state index contributed by atoms with van der Waals surface area (Å²) >= 11 is 1.20. The standard InChI is InChI=1S/C19H25N3O4S2/c1-4-13(2)22-17(24)14-7-5-6-8-15(14)20-18(22)27-11-16(23)21-19(3)9-10-28(25,26)12-19/h5-8,13H,4,9-12H2,1-3H3,(H,21,23)/t13-,19+/m1/s1. The van der Waals surface area contributed by atoms with E-state index in [0.29, 0.717) is 22.5 Å². The van der Waals surface area contributed by atoms with Crippen molar-refractivity contribution in [2.75, 3.05) is 17.3 Å². The van der Waals surface area contributed by atoms with Crippen LogP contribution in [0, 0.1) is 0 Å². The summed E-state index contributed by atoms with van der Waals surface area (Å²) in [5.74, 6) is -0.141. The summed E-state index contributed by atoms with van der Waals surface area (Å²) < 4.78 is 25.1. The molecule has 1 aromatic heterocycles. The molecule has 1 aliphatic heterocycles. The Labute approximate surface area is 168 Å². The number of fused-ring (bicyclic) bond motifs is 1. The van der Waals surface area contributed by atoms with E-state index >= 15 is 0 Å². The fourth-order valence-corrected chi connectivity index (χ4v) is 6.40. The number of rotatable bonds is 6. The van der Waals surface area contributed by atoms with Crippen LogP contribution >= 0.6 is 11.8 Å². The summed E-state index contributed by atoms with van der Waals surface area (Å²) in [7, 11) is -3.10. The van der Waals surface area contributed by atoms with Crippen LogP contribution in [0.15, 0.2) is 34.2 Å². The first-order chi connectivity index (χ1) is 13.1. The third kappa shape index (κ3) is 4.41. The highest BCUT2D eigenvalue weighted by Crippen LogP contribution is 2.25. The molecule has 7 nitrogen and oxygen atoms in total. The van der Waals surface area contributed by atoms with Gasteiger partial charge in [0.1, 0.15) is 0 Å². The Balaban J connectivity index is 1.82. The number of thioether (sulfide) groups is 1. The fourth-order valence-electron chi connectivity index (χ4n) is 3.41. The van der Waals surface area contributed by atoms with Gasteiger partial charge < -0.3 is 5.32 Å². The maximum atomic E-state index is 12.9. The van der Waals surface area contributed by atoms with Crippen molar-refractivity contribution in [2.45, 2.75) is 50.4 Å². The van der Waals surface area contributed by atoms with Gasteiger partial charge in [0, 0.05) is 6.04 Å². The van der Waals surface area contributed by atoms with Crippen molar-refractivity contribution in [2.24, 2.45) is 0 Å². The fraction of sp³-hybridized carbons (Fsp3) is 0.526. The van der Waals surface area contributed by atoms with E-state index in [1.54, 1.807) is 23.6 Å². The van der Waals surface area contributed by atoms with Gasteiger partial charge in [-0.2, -0.15) is 0 Å². The molecule has 28 heavy (non-hydrogen) atoms. The topological polar surface area (TPSA) is 98.1 Å². The van der Waals surface area contributed by atoms with Crippen LogP contribution in [0.5, 0.6) is 0 Å². The summed E-state index contributed by atoms with van der Waals surface area (Å²) in [6.07, 6.45) is 1.17. The van der Waals surface area contributed by atoms with E-state index in [0.717, 1.165) is 6.42 Å². The average Bonchev–Trinajstić information content (AvgIpc) is 2.92. The Kier molecular flexibility index (Phi) is 5.86. The first-order valence-electron chi connectivity index (χ1n) is 9.30. The number of amides is 1. The van der Waals surface area contributed by atoms with Crippen LogP contribution in [-0.2, 0) is 14.6 Å². The Hall–Kier alpha value is -1.87. The largest absolute Gasteiger partial charge is 0.349 e. The molecular formula is C19H25N3O4S2. The van der Waals surface area contributed by atoms with Crippen LogP contribution in [0.4, 0.5) is 0 Å². The monoisotopic (exact) mass is 423 g/mol. The number of carbonyl (C=O) groups is 1. The molecule has 1 amide bonds. The number of benzene rings is 1. The van der Waals surface area contributed by atoms with Crippen LogP contribution in [0.1, 0.15) is 39.7 Å². The molecule has 0 radical (unpaired) electrons. The normalized spacial score (nSPS) is 22.2. The molecular weight excluding hydrogens is 398 g/mol. The number of para-hydroxylation sites is 1. The molecule has 0 bridgehead atoms. The van der Waals surface area contributed by atoms with E-state index in [9.17, 15) is 18.0 Å². The lowest BCUT2D eigenvalue weighted by Crippen LogP contribution is -2.47. The molecule has 3 rings (SSSR count). The van der Waals surface area contributed by atoms with E-state index in [2.05, 4.69) is 10.3 Å². The lowest BCUT2D eigenvalue weighted by molar-refractivity contribution is -0.120. The highest BCUT2D eigenvalue weighted by atomic mass is 32.2. The second kappa shape index (κ2) is 7.87. The number of nitrogens with one attached hydrogen (secondary N) is 1. The van der Waals surface area contributed by atoms with Gasteiger partial charge in [0.2, 0.25) is 5.91 Å². The van der Waals surface area contributed by atoms with Gasteiger partial charge in [-0.25, -0.2) is 13.4 Å². The van der Waals surface area contributed by atoms with Crippen LogP contribution < -0.4 is 10.9 Å². The molecule has 0 saturated carbocycles. The minimum atomic E-state index is -3.10. The molecule has 9 heteroatoms. The summed E-state index contributed by atoms with van der Waals surface area (Å²) in [4.78, 5) is 30.0. The zero-order valence-corrected chi connectivity index (χ0v) is 17.9. The van der Waals surface area contributed by atoms with Crippen molar-refractivity contribution < 1.29 is 13.2 Å². The Bertz CT molecular complexity index is 1060. The second-order valence-electron chi connectivity index (χ2n) is 7.58. The van der Waals surface area contributed by atoms with E-state index in [1.165, 1.54) is 11.8 Å². The quantitative estimate of drug-likeness (QED) is 0.565. The molecule has 0 spiro atoms. The van der Waals surface area contributed by atoms with Crippen molar-refractivity contribution >= 4 is 38.4 Å². The van der Waals surface area contributed by atoms with Crippen LogP contribution in [0.3, 0.4) is 0 Å². The lowest BCUT2D eigenvalue weighted by atomic mass is 10.0. The highest BCUT2D eigenvalue weighted by molar-refractivity contribution is 7.99. The van der Waals surface area contributed by atoms with Gasteiger partial charge in [0.15, 0.2) is 15.0 Å². The van der Waals surface area contributed by atoms with Crippen molar-refractivity contribution in [3.63, 3.8) is 0 Å². The Morgan fingerprint density at radius 3 is 2.75 bits per heavy atom. The third-order valence-electron chi connectivity index (χ3n) is 5.08. The van der Waals surface area contributed by atoms with E-state index < -0.39 is 15.4 Å². The van der Waals surface area contributed by atoms with E-state index in [4.69, 9.17) is 0 Å². The Morgan fingerprint density at radius 2 is 2.11 bits per heavy atom. The van der Waals surface area contributed by atoms with Gasteiger partial charge in [0.05, 0.1) is 33.7 Å². The van der Waals surface area contributed by atoms with Gasteiger partial charge in [-0.15, -0.1) is 0 Å². The molecule has 1 saturated heterocycles. The SMILES string of the molecule is CC[C@@H](C)n1c(SCC(=O)N[C@@]2(C)CCS(=O)(=O)C2)nc2ccccc2c1=O. The van der Waals surface area contributed by atoms with E-state index in [-0.39, 0.29) is 34.8 Å². The van der Waals surface area contributed by atoms with Gasteiger partial charge >= 0.3 is 0 Å². The number of aromatic nitrogens is 2. The number of hydrogen-bond donors (Lipinski definition) is 1. The maximum absolute atomic E-state index is 12.9. The van der Waals surface area contributed by atoms with Gasteiger partial charge in [-0.1, -0.05) is 30.8 Å². The molecule has 0 aliphatic carbocycles. The molecule has 2 heterocycles. The summed E-state index contributed by atoms with van der Waals surface area (Å²) in [6.45, 7) is 5.70. The number of sulfone groups is 1. The first-order valence-corrected chi connectivity index (χ1v) is 12.1. The number of carbonyl (C=O) groups excluding carboxylic acids is 1. The van der Waals surface area contributed by atoms with Crippen molar-refractivity contribution in [3.8, 4) is 0 Å². The second-order valence-corrected chi connectivity index (χ2v) is 10.7. The molecule has 152 valence electrons. The van der Waals surface area contributed by atoms with Crippen molar-refractivity contribution in [1.29, 1.82) is 0 Å². The molecule has 1 N–H and O–H groups in total. The van der Waals surface area contributed by atoms with Crippen molar-refractivity contribution in [3.05, 3.63) is 34.6 Å². The van der Waals surface area contributed by atoms with Crippen molar-refractivity contribution in [1.82, 2.24) is 14.9 Å². The molecule has 2 atom stereocenters. The molecule has 1 aliphatic rings. The molecule has 1 aromatic carbocycles. The summed E-state index contributed by atoms with van der Waals surface area (Å²) in [5.41, 5.74) is -0.246. The predicted molar refractivity (Wildman–Crippen MR) is 112 cm³/mol. The third-order valence-corrected chi connectivity index (χ3v) is 7.94. The minimum Gasteiger partial charge on any atom is -0.349 e. The molecule has 2 aromatic rings. The zero-order chi connectivity index (χ0) is 20.5. The highest BCUT2D eigenvalue weighted by Gasteiger charge is 2.39. The number of nitrogens with zero attached hydrogens (tertiary/aromatic N) is 2. The smallest absolute Gasteiger partial charge is 0.262 e. The lowest BCUT2D eigenvalue weighted by Gasteiger charge is -2.24. The number of hydrogen-bond acceptors (Lipinski definition) is 6. The average molecular weight is 424 g/mol. The predicted octanol–water partition coefficient (Wildman–Crippen LogP) is 2.15. The van der Waals surface area contributed by atoms with E-state index in [1.807, 2.05) is 26.0 Å².